The first-order valence-corrected chi connectivity index (χ1v) is 27.6. The molecule has 20 nitrogen and oxygen atoms in total. The summed E-state index contributed by atoms with van der Waals surface area (Å²) in [5.74, 6) is -3.25. The molecular weight excluding hydrogens is 1110 g/mol. The highest BCUT2D eigenvalue weighted by Crippen LogP contribution is 2.47. The summed E-state index contributed by atoms with van der Waals surface area (Å²) in [6.45, 7) is 8.50. The number of tetrazole rings is 1. The number of piperazine rings is 1. The molecule has 3 aromatic carbocycles. The van der Waals surface area contributed by atoms with Crippen LogP contribution >= 0.6 is 22.9 Å². The minimum atomic E-state index is -2.00. The smallest absolute Gasteiger partial charge is 0.343 e. The maximum absolute atomic E-state index is 17.5. The molecule has 3 saturated heterocycles. The van der Waals surface area contributed by atoms with Gasteiger partial charge in [0.2, 0.25) is 0 Å². The Labute approximate surface area is 471 Å². The lowest BCUT2D eigenvalue weighted by molar-refractivity contribution is -0.172. The first-order chi connectivity index (χ1) is 39.4. The van der Waals surface area contributed by atoms with E-state index < -0.39 is 58.2 Å². The number of esters is 1. The van der Waals surface area contributed by atoms with Gasteiger partial charge in [-0.2, -0.15) is 15.2 Å². The van der Waals surface area contributed by atoms with Crippen LogP contribution in [0.25, 0.3) is 54.4 Å². The van der Waals surface area contributed by atoms with Gasteiger partial charge >= 0.3 is 12.0 Å². The number of anilines is 2. The number of ether oxygens (including phenoxy) is 3. The highest BCUT2D eigenvalue weighted by atomic mass is 35.5. The van der Waals surface area contributed by atoms with Crippen LogP contribution in [0, 0.1) is 28.8 Å². The lowest BCUT2D eigenvalue weighted by Crippen LogP contribution is -2.54. The fourth-order valence-corrected chi connectivity index (χ4v) is 13.7. The monoisotopic (exact) mass is 1160 g/mol. The molecule has 10 heterocycles. The zero-order valence-electron chi connectivity index (χ0n) is 43.9. The van der Waals surface area contributed by atoms with Crippen LogP contribution in [0.1, 0.15) is 67.6 Å². The lowest BCUT2D eigenvalue weighted by atomic mass is 9.86. The van der Waals surface area contributed by atoms with Crippen molar-refractivity contribution in [3.63, 3.8) is 0 Å². The summed E-state index contributed by atoms with van der Waals surface area (Å²) in [7, 11) is 0. The van der Waals surface area contributed by atoms with Crippen molar-refractivity contribution in [2.75, 3.05) is 50.0 Å². The predicted octanol–water partition coefficient (Wildman–Crippen LogP) is 7.24. The Morgan fingerprint density at radius 3 is 2.70 bits per heavy atom. The summed E-state index contributed by atoms with van der Waals surface area (Å²) >= 11 is 7.85. The number of nitriles is 1. The second kappa shape index (κ2) is 19.7. The average Bonchev–Trinajstić information content (AvgIpc) is 4.38. The minimum Gasteiger partial charge on any atom is -0.482 e. The van der Waals surface area contributed by atoms with Crippen LogP contribution in [0.15, 0.2) is 59.4 Å². The maximum atomic E-state index is 17.5. The Balaban J connectivity index is 0.726. The van der Waals surface area contributed by atoms with Crippen molar-refractivity contribution in [1.29, 1.82) is 5.26 Å². The molecular formula is C56H48ClF4N13O7S. The quantitative estimate of drug-likeness (QED) is 0.0695. The van der Waals surface area contributed by atoms with Gasteiger partial charge in [0, 0.05) is 83.1 Å². The van der Waals surface area contributed by atoms with Crippen LogP contribution in [0.3, 0.4) is 0 Å². The van der Waals surface area contributed by atoms with Crippen LogP contribution in [0.2, 0.25) is 5.02 Å². The number of cyclic esters (lactones) is 1. The van der Waals surface area contributed by atoms with E-state index >= 15 is 13.2 Å². The van der Waals surface area contributed by atoms with Crippen molar-refractivity contribution >= 4 is 77.5 Å². The summed E-state index contributed by atoms with van der Waals surface area (Å²) in [4.78, 5) is 60.2. The number of rotatable bonds is 12. The molecule has 5 aliphatic heterocycles. The van der Waals surface area contributed by atoms with Crippen LogP contribution in [0.5, 0.6) is 11.8 Å². The average molecular weight is 1160 g/mol. The minimum absolute atomic E-state index is 0.0150. The third-order valence-corrected chi connectivity index (χ3v) is 18.0. The number of pyridine rings is 2. The Hall–Kier alpha value is -8.31. The molecule has 3 fully saturated rings. The number of hydrogen-bond donors (Lipinski definition) is 2. The van der Waals surface area contributed by atoms with Gasteiger partial charge < -0.3 is 39.4 Å². The van der Waals surface area contributed by atoms with Crippen molar-refractivity contribution in [2.45, 2.75) is 89.2 Å². The fourth-order valence-electron chi connectivity index (χ4n) is 12.5. The van der Waals surface area contributed by atoms with Gasteiger partial charge in [0.05, 0.1) is 56.4 Å². The summed E-state index contributed by atoms with van der Waals surface area (Å²) in [5.41, 5.74) is 5.09. The molecule has 0 aliphatic carbocycles. The summed E-state index contributed by atoms with van der Waals surface area (Å²) in [5, 5.41) is 34.0. The topological polar surface area (TPSA) is 246 Å². The van der Waals surface area contributed by atoms with E-state index in [0.29, 0.717) is 35.3 Å². The highest BCUT2D eigenvalue weighted by Gasteiger charge is 2.50. The number of halogens is 5. The van der Waals surface area contributed by atoms with E-state index in [0.717, 1.165) is 23.8 Å². The molecule has 8 aromatic rings. The van der Waals surface area contributed by atoms with Crippen LogP contribution in [0.4, 0.5) is 28.4 Å². The van der Waals surface area contributed by atoms with Gasteiger partial charge in [0.1, 0.15) is 54.2 Å². The van der Waals surface area contributed by atoms with Crippen molar-refractivity contribution in [3.8, 4) is 40.3 Å². The number of thiophene rings is 1. The largest absolute Gasteiger partial charge is 0.482 e. The Kier molecular flexibility index (Phi) is 12.7. The summed E-state index contributed by atoms with van der Waals surface area (Å²) in [6, 6.07) is 11.4. The molecule has 82 heavy (non-hydrogen) atoms. The fraction of sp³-hybridized carbons (Fsp3) is 0.357. The Bertz CT molecular complexity index is 4210. The molecule has 4 atom stereocenters. The first kappa shape index (κ1) is 53.0. The Morgan fingerprint density at radius 2 is 1.90 bits per heavy atom. The van der Waals surface area contributed by atoms with Crippen LogP contribution < -0.4 is 25.7 Å². The van der Waals surface area contributed by atoms with E-state index in [1.54, 1.807) is 24.0 Å². The van der Waals surface area contributed by atoms with Crippen LogP contribution in [-0.2, 0) is 46.2 Å². The maximum Gasteiger partial charge on any atom is 0.343 e. The van der Waals surface area contributed by atoms with E-state index in [2.05, 4.69) is 32.0 Å². The zero-order valence-corrected chi connectivity index (χ0v) is 45.5. The Morgan fingerprint density at radius 1 is 1.07 bits per heavy atom. The molecule has 13 rings (SSSR count). The molecule has 0 radical (unpaired) electrons. The van der Waals surface area contributed by atoms with Gasteiger partial charge in [0.15, 0.2) is 28.8 Å². The lowest BCUT2D eigenvalue weighted by Gasteiger charge is -2.41. The van der Waals surface area contributed by atoms with Gasteiger partial charge in [0.25, 0.3) is 11.5 Å². The second-order valence-corrected chi connectivity index (χ2v) is 22.9. The van der Waals surface area contributed by atoms with Gasteiger partial charge in [-0.3, -0.25) is 14.5 Å². The standard InChI is InChI=1S/C56H48ClF4N13O7S/c1-4-56(78)35-15-40-46-29(21-73(40)52(76)34(35)23-80-53(56)77)12-28-13-41(38(60)16-39(28)64-46)79-24-42-67-68-69-74(42)19-26(2)51(75)70-10-11-72(27(3)20-70)50-32-14-36(57)44(31-6-7-37(59)48-43(31)33(18-62)49(63)82-48)45(61)47(32)65-54(66-50)81-25-55-8-5-9-71(55)22-30(58)17-55/h6-7,12-16,27,30,78H,2,4-5,8-11,17,19-25,63H2,1,3H3/t27-,30+,55-,56-/m0/s1. The normalized spacial score (nSPS) is 21.2. The van der Waals surface area contributed by atoms with Gasteiger partial charge in [-0.25, -0.2) is 32.0 Å². The second-order valence-electron chi connectivity index (χ2n) is 21.4. The molecule has 0 bridgehead atoms. The van der Waals surface area contributed by atoms with E-state index in [-0.39, 0.29) is 165 Å². The van der Waals surface area contributed by atoms with E-state index in [1.807, 2.05) is 17.9 Å². The number of carbonyl (C=O) groups is 2. The number of benzene rings is 3. The summed E-state index contributed by atoms with van der Waals surface area (Å²) in [6.07, 6.45) is 0.772. The molecule has 5 aromatic heterocycles. The molecule has 0 saturated carbocycles. The van der Waals surface area contributed by atoms with E-state index in [4.69, 9.17) is 41.5 Å². The van der Waals surface area contributed by atoms with Crippen molar-refractivity contribution < 1.29 is 46.5 Å². The number of amides is 1. The van der Waals surface area contributed by atoms with Gasteiger partial charge in [-0.05, 0) is 79.1 Å². The predicted molar refractivity (Wildman–Crippen MR) is 292 cm³/mol. The SMILES string of the molecule is C=C(Cn1nnnc1COc1cc2cc3c(nc2cc1F)-c1cc2c(c(=O)n1C3)COC(=O)[C@]2(O)CC)C(=O)N1CCN(c2nc(OC[C@@]34CCCN3C[C@H](F)C4)nc3c(F)c(-c4ccc(F)c5sc(N)c(C#N)c45)c(Cl)cc23)[C@@H](C)C1. The number of fused-ring (bicyclic) bond motifs is 8. The number of nitrogens with zero attached hydrogens (tertiary/aromatic N) is 12. The van der Waals surface area contributed by atoms with Crippen LogP contribution in [-0.4, -0.2) is 124 Å². The molecule has 0 unspecified atom stereocenters. The van der Waals surface area contributed by atoms with Crippen molar-refractivity contribution in [2.24, 2.45) is 0 Å². The van der Waals surface area contributed by atoms with E-state index in [9.17, 15) is 29.1 Å². The number of aliphatic hydroxyl groups is 1. The number of nitrogens with two attached hydrogens (primary N) is 1. The number of aromatic nitrogens is 8. The zero-order chi connectivity index (χ0) is 57.3. The molecule has 26 heteroatoms. The third kappa shape index (κ3) is 8.39. The number of nitrogen functional groups attached to an aromatic ring is 1. The van der Waals surface area contributed by atoms with Gasteiger partial charge in [-0.15, -0.1) is 16.4 Å². The van der Waals surface area contributed by atoms with Crippen molar-refractivity contribution in [3.05, 3.63) is 116 Å². The summed E-state index contributed by atoms with van der Waals surface area (Å²) < 4.78 is 83.6. The molecule has 420 valence electrons. The molecule has 1 amide bonds. The van der Waals surface area contributed by atoms with Crippen molar-refractivity contribution in [1.82, 2.24) is 49.5 Å². The van der Waals surface area contributed by atoms with Gasteiger partial charge in [-0.1, -0.05) is 31.2 Å². The number of hydrogen-bond acceptors (Lipinski definition) is 18. The first-order valence-electron chi connectivity index (χ1n) is 26.4. The number of carbonyl (C=O) groups excluding carboxylic acids is 2. The molecule has 5 aliphatic rings. The number of alkyl halides is 1. The highest BCUT2D eigenvalue weighted by molar-refractivity contribution is 7.23. The third-order valence-electron chi connectivity index (χ3n) is 16.6. The molecule has 3 N–H and O–H groups in total. The van der Waals surface area contributed by atoms with E-state index in [1.165, 1.54) is 33.5 Å². The molecule has 0 spiro atoms.